The van der Waals surface area contributed by atoms with Crippen LogP contribution in [0.2, 0.25) is 0 Å². The Morgan fingerprint density at radius 1 is 1.38 bits per heavy atom. The molecule has 4 nitrogen and oxygen atoms in total. The maximum Gasteiger partial charge on any atom is 0.422 e. The first-order chi connectivity index (χ1) is 11.1. The SMILES string of the molecule is O=C(NCc1ccnc(OCC(F)(F)F)c1)C1CC12CC(F)(F)C2. The summed E-state index contributed by atoms with van der Waals surface area (Å²) < 4.78 is 66.7. The number of amides is 1. The summed E-state index contributed by atoms with van der Waals surface area (Å²) in [5, 5.41) is 2.62. The fraction of sp³-hybridized carbons (Fsp3) is 0.600. The third-order valence-electron chi connectivity index (χ3n) is 4.38. The Kier molecular flexibility index (Phi) is 3.92. The average Bonchev–Trinajstić information content (AvgIpc) is 3.15. The highest BCUT2D eigenvalue weighted by Gasteiger charge is 2.71. The van der Waals surface area contributed by atoms with Crippen LogP contribution in [0.1, 0.15) is 24.8 Å². The van der Waals surface area contributed by atoms with Crippen molar-refractivity contribution in [1.29, 1.82) is 0 Å². The van der Waals surface area contributed by atoms with E-state index in [9.17, 15) is 26.7 Å². The molecule has 1 unspecified atom stereocenters. The van der Waals surface area contributed by atoms with Crippen LogP contribution in [0, 0.1) is 11.3 Å². The maximum atomic E-state index is 12.9. The number of nitrogens with zero attached hydrogens (tertiary/aromatic N) is 1. The molecule has 0 aromatic carbocycles. The minimum Gasteiger partial charge on any atom is -0.468 e. The van der Waals surface area contributed by atoms with Crippen LogP contribution >= 0.6 is 0 Å². The number of alkyl halides is 5. The molecule has 2 aliphatic carbocycles. The Morgan fingerprint density at radius 3 is 2.71 bits per heavy atom. The summed E-state index contributed by atoms with van der Waals surface area (Å²) in [6, 6.07) is 2.83. The molecule has 9 heteroatoms. The van der Waals surface area contributed by atoms with Gasteiger partial charge in [-0.3, -0.25) is 4.79 Å². The molecular weight excluding hydrogens is 335 g/mol. The number of pyridine rings is 1. The van der Waals surface area contributed by atoms with Crippen molar-refractivity contribution in [3.05, 3.63) is 23.9 Å². The third-order valence-corrected chi connectivity index (χ3v) is 4.38. The smallest absolute Gasteiger partial charge is 0.422 e. The lowest BCUT2D eigenvalue weighted by atomic mass is 9.76. The molecule has 1 amide bonds. The first-order valence-electron chi connectivity index (χ1n) is 7.39. The van der Waals surface area contributed by atoms with Crippen LogP contribution in [0.5, 0.6) is 5.88 Å². The van der Waals surface area contributed by atoms with E-state index in [2.05, 4.69) is 15.0 Å². The number of halogens is 5. The average molecular weight is 350 g/mol. The van der Waals surface area contributed by atoms with Crippen molar-refractivity contribution in [2.75, 3.05) is 6.61 Å². The highest BCUT2D eigenvalue weighted by atomic mass is 19.4. The van der Waals surface area contributed by atoms with Crippen LogP contribution in [0.4, 0.5) is 22.0 Å². The number of ether oxygens (including phenoxy) is 1. The molecule has 3 rings (SSSR count). The minimum absolute atomic E-state index is 0.0761. The summed E-state index contributed by atoms with van der Waals surface area (Å²) in [5.41, 5.74) is -0.0311. The molecule has 132 valence electrons. The zero-order valence-corrected chi connectivity index (χ0v) is 12.5. The van der Waals surface area contributed by atoms with Crippen molar-refractivity contribution in [3.8, 4) is 5.88 Å². The second-order valence-electron chi connectivity index (χ2n) is 6.45. The van der Waals surface area contributed by atoms with Gasteiger partial charge in [0, 0.05) is 37.6 Å². The number of hydrogen-bond acceptors (Lipinski definition) is 3. The standard InChI is InChI=1S/C15H15F5N2O2/c16-14(17)6-13(7-14)4-10(13)12(23)22-5-9-1-2-21-11(3-9)24-8-15(18,19)20/h1-3,10H,4-8H2,(H,22,23). The predicted octanol–water partition coefficient (Wildman–Crippen LogP) is 3.07. The van der Waals surface area contributed by atoms with Gasteiger partial charge in [-0.2, -0.15) is 13.2 Å². The molecule has 1 atom stereocenters. The summed E-state index contributed by atoms with van der Waals surface area (Å²) >= 11 is 0. The maximum absolute atomic E-state index is 12.9. The number of nitrogens with one attached hydrogen (secondary N) is 1. The van der Waals surface area contributed by atoms with Crippen LogP contribution in [-0.2, 0) is 11.3 Å². The quantitative estimate of drug-likeness (QED) is 0.831. The molecule has 1 aromatic rings. The minimum atomic E-state index is -4.46. The number of hydrogen-bond donors (Lipinski definition) is 1. The number of carbonyl (C=O) groups excluding carboxylic acids is 1. The van der Waals surface area contributed by atoms with Crippen LogP contribution < -0.4 is 10.1 Å². The van der Waals surface area contributed by atoms with Crippen LogP contribution in [0.15, 0.2) is 18.3 Å². The van der Waals surface area contributed by atoms with E-state index >= 15 is 0 Å². The Bertz CT molecular complexity index is 639. The molecule has 1 N–H and O–H groups in total. The second-order valence-corrected chi connectivity index (χ2v) is 6.45. The lowest BCUT2D eigenvalue weighted by molar-refractivity contribution is -0.154. The normalized spacial score (nSPS) is 23.5. The van der Waals surface area contributed by atoms with Crippen LogP contribution in [0.25, 0.3) is 0 Å². The Morgan fingerprint density at radius 2 is 2.08 bits per heavy atom. The van der Waals surface area contributed by atoms with E-state index in [0.29, 0.717) is 12.0 Å². The van der Waals surface area contributed by atoms with Crippen molar-refractivity contribution in [1.82, 2.24) is 10.3 Å². The number of aromatic nitrogens is 1. The van der Waals surface area contributed by atoms with Gasteiger partial charge < -0.3 is 10.1 Å². The summed E-state index contributed by atoms with van der Waals surface area (Å²) in [7, 11) is 0. The van der Waals surface area contributed by atoms with Gasteiger partial charge in [-0.25, -0.2) is 13.8 Å². The molecule has 24 heavy (non-hydrogen) atoms. The van der Waals surface area contributed by atoms with Crippen molar-refractivity contribution < 1.29 is 31.5 Å². The topological polar surface area (TPSA) is 51.2 Å². The van der Waals surface area contributed by atoms with Gasteiger partial charge in [0.15, 0.2) is 6.61 Å². The molecule has 2 saturated carbocycles. The highest BCUT2D eigenvalue weighted by Crippen LogP contribution is 2.70. The van der Waals surface area contributed by atoms with E-state index in [1.165, 1.54) is 18.3 Å². The molecule has 0 radical (unpaired) electrons. The molecule has 0 aliphatic heterocycles. The molecule has 1 heterocycles. The highest BCUT2D eigenvalue weighted by molar-refractivity contribution is 5.83. The summed E-state index contributed by atoms with van der Waals surface area (Å²) in [4.78, 5) is 15.6. The first-order valence-corrected chi connectivity index (χ1v) is 7.39. The van der Waals surface area contributed by atoms with Crippen molar-refractivity contribution in [3.63, 3.8) is 0 Å². The van der Waals surface area contributed by atoms with Crippen LogP contribution in [0.3, 0.4) is 0 Å². The fourth-order valence-corrected chi connectivity index (χ4v) is 3.19. The van der Waals surface area contributed by atoms with E-state index < -0.39 is 30.0 Å². The molecular formula is C15H15F5N2O2. The molecule has 1 aromatic heterocycles. The van der Waals surface area contributed by atoms with Gasteiger partial charge in [-0.15, -0.1) is 0 Å². The number of rotatable bonds is 5. The largest absolute Gasteiger partial charge is 0.468 e. The van der Waals surface area contributed by atoms with E-state index in [1.807, 2.05) is 0 Å². The zero-order valence-electron chi connectivity index (χ0n) is 12.5. The van der Waals surface area contributed by atoms with Crippen molar-refractivity contribution in [2.45, 2.75) is 37.9 Å². The molecule has 2 fully saturated rings. The van der Waals surface area contributed by atoms with Gasteiger partial charge in [0.25, 0.3) is 0 Å². The second kappa shape index (κ2) is 5.56. The Hall–Kier alpha value is -1.93. The summed E-state index contributed by atoms with van der Waals surface area (Å²) in [6.45, 7) is -1.37. The third kappa shape index (κ3) is 3.76. The fourth-order valence-electron chi connectivity index (χ4n) is 3.19. The zero-order chi connectivity index (χ0) is 17.6. The van der Waals surface area contributed by atoms with Gasteiger partial charge in [-0.05, 0) is 23.5 Å². The van der Waals surface area contributed by atoms with E-state index in [4.69, 9.17) is 0 Å². The summed E-state index contributed by atoms with van der Waals surface area (Å²) in [6.07, 6.45) is -3.22. The van der Waals surface area contributed by atoms with Gasteiger partial charge in [0.2, 0.25) is 17.7 Å². The lowest BCUT2D eigenvalue weighted by Crippen LogP contribution is -2.40. The first kappa shape index (κ1) is 16.9. The van der Waals surface area contributed by atoms with E-state index in [0.717, 1.165) is 0 Å². The molecule has 2 aliphatic rings. The van der Waals surface area contributed by atoms with Gasteiger partial charge in [0.05, 0.1) is 0 Å². The number of carbonyl (C=O) groups is 1. The van der Waals surface area contributed by atoms with E-state index in [-0.39, 0.29) is 31.2 Å². The van der Waals surface area contributed by atoms with E-state index in [1.54, 1.807) is 0 Å². The predicted molar refractivity (Wildman–Crippen MR) is 72.4 cm³/mol. The molecule has 1 spiro atoms. The van der Waals surface area contributed by atoms with Gasteiger partial charge in [0.1, 0.15) is 0 Å². The molecule has 0 saturated heterocycles. The van der Waals surface area contributed by atoms with Gasteiger partial charge >= 0.3 is 6.18 Å². The monoisotopic (exact) mass is 350 g/mol. The van der Waals surface area contributed by atoms with Crippen molar-refractivity contribution >= 4 is 5.91 Å². The summed E-state index contributed by atoms with van der Waals surface area (Å²) in [5.74, 6) is -3.56. The molecule has 0 bridgehead atoms. The van der Waals surface area contributed by atoms with Gasteiger partial charge in [-0.1, -0.05) is 0 Å². The van der Waals surface area contributed by atoms with Crippen LogP contribution in [-0.4, -0.2) is 29.6 Å². The van der Waals surface area contributed by atoms with Crippen molar-refractivity contribution in [2.24, 2.45) is 11.3 Å². The Balaban J connectivity index is 1.48. The lowest BCUT2D eigenvalue weighted by Gasteiger charge is -2.36. The Labute approximate surface area is 134 Å².